The molecule has 3 aliphatic rings. The third-order valence-corrected chi connectivity index (χ3v) is 4.94. The first-order valence-electron chi connectivity index (χ1n) is 6.89. The number of β-amino-alcohol motifs (C(OH)–C–C–N with tert-alkyl or cyclic N) is 1. The minimum atomic E-state index is -0.850. The summed E-state index contributed by atoms with van der Waals surface area (Å²) in [6, 6.07) is 0. The first kappa shape index (κ1) is 12.2. The van der Waals surface area contributed by atoms with Gasteiger partial charge in [0.15, 0.2) is 0 Å². The van der Waals surface area contributed by atoms with Crippen LogP contribution in [0.2, 0.25) is 0 Å². The van der Waals surface area contributed by atoms with Crippen molar-refractivity contribution in [2.24, 2.45) is 17.3 Å². The van der Waals surface area contributed by atoms with Gasteiger partial charge in [-0.3, -0.25) is 14.5 Å². The third kappa shape index (κ3) is 1.87. The topological polar surface area (TPSA) is 57.6 Å². The molecule has 18 heavy (non-hydrogen) atoms. The molecule has 4 heteroatoms. The van der Waals surface area contributed by atoms with Crippen LogP contribution in [0.15, 0.2) is 0 Å². The normalized spacial score (nSPS) is 36.7. The van der Waals surface area contributed by atoms with E-state index < -0.39 is 5.60 Å². The summed E-state index contributed by atoms with van der Waals surface area (Å²) in [6.07, 6.45) is 4.01. The second-order valence-electron chi connectivity index (χ2n) is 7.10. The molecule has 0 bridgehead atoms. The highest BCUT2D eigenvalue weighted by molar-refractivity contribution is 6.08. The summed E-state index contributed by atoms with van der Waals surface area (Å²) in [7, 11) is 0. The highest BCUT2D eigenvalue weighted by Gasteiger charge is 2.59. The zero-order chi connectivity index (χ0) is 13.1. The minimum Gasteiger partial charge on any atom is -0.388 e. The number of rotatable bonds is 2. The smallest absolute Gasteiger partial charge is 0.233 e. The lowest BCUT2D eigenvalue weighted by Crippen LogP contribution is -2.49. The number of likely N-dealkylation sites (tertiary alicyclic amines) is 1. The molecular formula is C14H21NO3. The number of amides is 2. The third-order valence-electron chi connectivity index (χ3n) is 4.94. The molecule has 2 atom stereocenters. The van der Waals surface area contributed by atoms with Gasteiger partial charge < -0.3 is 5.11 Å². The van der Waals surface area contributed by atoms with Gasteiger partial charge in [-0.2, -0.15) is 0 Å². The Bertz CT molecular complexity index is 385. The standard InChI is InChI=1S/C14H21NO3/c1-13(2)3-5-14(18,6-4-13)8-15-11(16)9-7-10(9)12(15)17/h9-10,18H,3-8H2,1-2H3. The Labute approximate surface area is 107 Å². The molecule has 4 nitrogen and oxygen atoms in total. The van der Waals surface area contributed by atoms with Gasteiger partial charge in [0.05, 0.1) is 24.0 Å². The van der Waals surface area contributed by atoms with Crippen molar-refractivity contribution in [3.8, 4) is 0 Å². The Hall–Kier alpha value is -0.900. The van der Waals surface area contributed by atoms with E-state index in [2.05, 4.69) is 13.8 Å². The van der Waals surface area contributed by atoms with E-state index in [1.807, 2.05) is 0 Å². The van der Waals surface area contributed by atoms with Crippen LogP contribution in [0.4, 0.5) is 0 Å². The minimum absolute atomic E-state index is 0.0525. The number of hydrogen-bond donors (Lipinski definition) is 1. The van der Waals surface area contributed by atoms with Gasteiger partial charge in [-0.05, 0) is 37.5 Å². The lowest BCUT2D eigenvalue weighted by atomic mass is 9.71. The van der Waals surface area contributed by atoms with Crippen LogP contribution in [0.5, 0.6) is 0 Å². The fourth-order valence-electron chi connectivity index (χ4n) is 3.25. The van der Waals surface area contributed by atoms with Crippen molar-refractivity contribution in [3.63, 3.8) is 0 Å². The number of nitrogens with zero attached hydrogens (tertiary/aromatic N) is 1. The van der Waals surface area contributed by atoms with Crippen molar-refractivity contribution in [3.05, 3.63) is 0 Å². The number of carbonyl (C=O) groups excluding carboxylic acids is 2. The molecule has 100 valence electrons. The van der Waals surface area contributed by atoms with E-state index in [1.54, 1.807) is 0 Å². The number of imide groups is 1. The average Bonchev–Trinajstić information content (AvgIpc) is 3.05. The molecule has 1 heterocycles. The summed E-state index contributed by atoms with van der Waals surface area (Å²) in [5.41, 5.74) is -0.578. The van der Waals surface area contributed by atoms with Gasteiger partial charge in [0.2, 0.25) is 11.8 Å². The van der Waals surface area contributed by atoms with E-state index in [9.17, 15) is 14.7 Å². The maximum absolute atomic E-state index is 11.9. The van der Waals surface area contributed by atoms with E-state index in [1.165, 1.54) is 4.90 Å². The first-order valence-corrected chi connectivity index (χ1v) is 6.89. The summed E-state index contributed by atoms with van der Waals surface area (Å²) >= 11 is 0. The molecule has 0 aromatic heterocycles. The van der Waals surface area contributed by atoms with Crippen LogP contribution in [0.25, 0.3) is 0 Å². The molecule has 0 aromatic carbocycles. The summed E-state index contributed by atoms with van der Waals surface area (Å²) in [4.78, 5) is 25.1. The predicted molar refractivity (Wildman–Crippen MR) is 65.5 cm³/mol. The van der Waals surface area contributed by atoms with E-state index in [0.29, 0.717) is 12.8 Å². The van der Waals surface area contributed by atoms with Crippen LogP contribution in [0, 0.1) is 17.3 Å². The number of fused-ring (bicyclic) bond motifs is 1. The van der Waals surface area contributed by atoms with E-state index in [-0.39, 0.29) is 35.6 Å². The molecule has 2 saturated carbocycles. The predicted octanol–water partition coefficient (Wildman–Crippen LogP) is 1.32. The van der Waals surface area contributed by atoms with E-state index in [0.717, 1.165) is 19.3 Å². The fraction of sp³-hybridized carbons (Fsp3) is 0.857. The molecule has 0 spiro atoms. The number of aliphatic hydroxyl groups is 1. The zero-order valence-corrected chi connectivity index (χ0v) is 11.1. The fourth-order valence-corrected chi connectivity index (χ4v) is 3.25. The lowest BCUT2D eigenvalue weighted by molar-refractivity contribution is -0.147. The first-order chi connectivity index (χ1) is 8.31. The van der Waals surface area contributed by atoms with Crippen LogP contribution >= 0.6 is 0 Å². The van der Waals surface area contributed by atoms with Crippen LogP contribution in [-0.4, -0.2) is 34.0 Å². The van der Waals surface area contributed by atoms with Crippen LogP contribution in [0.3, 0.4) is 0 Å². The molecule has 1 saturated heterocycles. The Balaban J connectivity index is 1.66. The van der Waals surface area contributed by atoms with Crippen molar-refractivity contribution in [1.29, 1.82) is 0 Å². The zero-order valence-electron chi connectivity index (χ0n) is 11.1. The summed E-state index contributed by atoms with van der Waals surface area (Å²) in [5.74, 6) is -0.214. The molecule has 3 rings (SSSR count). The van der Waals surface area contributed by atoms with Gasteiger partial charge in [0.25, 0.3) is 0 Å². The Kier molecular flexibility index (Phi) is 2.40. The van der Waals surface area contributed by atoms with Crippen LogP contribution < -0.4 is 0 Å². The maximum Gasteiger partial charge on any atom is 0.233 e. The summed E-state index contributed by atoms with van der Waals surface area (Å²) in [6.45, 7) is 4.62. The van der Waals surface area contributed by atoms with Crippen molar-refractivity contribution in [1.82, 2.24) is 4.90 Å². The molecular weight excluding hydrogens is 230 g/mol. The monoisotopic (exact) mass is 251 g/mol. The molecule has 1 aliphatic heterocycles. The second kappa shape index (κ2) is 3.56. The molecule has 2 amide bonds. The summed E-state index contributed by atoms with van der Waals surface area (Å²) in [5, 5.41) is 10.6. The quantitative estimate of drug-likeness (QED) is 0.753. The second-order valence-corrected chi connectivity index (χ2v) is 7.10. The van der Waals surface area contributed by atoms with Gasteiger partial charge in [-0.1, -0.05) is 13.8 Å². The van der Waals surface area contributed by atoms with Gasteiger partial charge >= 0.3 is 0 Å². The van der Waals surface area contributed by atoms with E-state index >= 15 is 0 Å². The van der Waals surface area contributed by atoms with Crippen molar-refractivity contribution < 1.29 is 14.7 Å². The largest absolute Gasteiger partial charge is 0.388 e. The van der Waals surface area contributed by atoms with Gasteiger partial charge in [0.1, 0.15) is 0 Å². The van der Waals surface area contributed by atoms with Gasteiger partial charge in [-0.15, -0.1) is 0 Å². The van der Waals surface area contributed by atoms with Crippen LogP contribution in [0.1, 0.15) is 46.0 Å². The molecule has 1 N–H and O–H groups in total. The van der Waals surface area contributed by atoms with E-state index in [4.69, 9.17) is 0 Å². The lowest BCUT2D eigenvalue weighted by Gasteiger charge is -2.41. The highest BCUT2D eigenvalue weighted by Crippen LogP contribution is 2.48. The molecule has 0 radical (unpaired) electrons. The molecule has 2 unspecified atom stereocenters. The number of carbonyl (C=O) groups is 2. The Morgan fingerprint density at radius 1 is 1.11 bits per heavy atom. The number of piperidine rings is 1. The highest BCUT2D eigenvalue weighted by atomic mass is 16.3. The maximum atomic E-state index is 11.9. The molecule has 0 aromatic rings. The number of hydrogen-bond acceptors (Lipinski definition) is 3. The van der Waals surface area contributed by atoms with Gasteiger partial charge in [-0.25, -0.2) is 0 Å². The van der Waals surface area contributed by atoms with Crippen molar-refractivity contribution >= 4 is 11.8 Å². The average molecular weight is 251 g/mol. The molecule has 3 fully saturated rings. The van der Waals surface area contributed by atoms with Crippen molar-refractivity contribution in [2.45, 2.75) is 51.6 Å². The SMILES string of the molecule is CC1(C)CCC(O)(CN2C(=O)C3CC3C2=O)CC1. The summed E-state index contributed by atoms with van der Waals surface area (Å²) < 4.78 is 0. The van der Waals surface area contributed by atoms with Crippen molar-refractivity contribution in [2.75, 3.05) is 6.54 Å². The van der Waals surface area contributed by atoms with Gasteiger partial charge in [0, 0.05) is 0 Å². The van der Waals surface area contributed by atoms with Crippen LogP contribution in [-0.2, 0) is 9.59 Å². The Morgan fingerprint density at radius 2 is 1.61 bits per heavy atom. The molecule has 2 aliphatic carbocycles. The Morgan fingerprint density at radius 3 is 2.11 bits per heavy atom.